The molecule has 3 atom stereocenters. The van der Waals surface area contributed by atoms with E-state index in [4.69, 9.17) is 4.74 Å². The smallest absolute Gasteiger partial charge is 0.407 e. The number of fused-ring (bicyclic) bond motifs is 1. The maximum atomic E-state index is 11.4. The summed E-state index contributed by atoms with van der Waals surface area (Å²) < 4.78 is 4.71. The van der Waals surface area contributed by atoms with Crippen molar-refractivity contribution in [2.75, 3.05) is 7.11 Å². The number of benzene rings is 1. The Morgan fingerprint density at radius 1 is 1.33 bits per heavy atom. The van der Waals surface area contributed by atoms with E-state index < -0.39 is 0 Å². The first-order valence-corrected chi connectivity index (χ1v) is 9.26. The number of hydrogen-bond acceptors (Lipinski definition) is 2. The van der Waals surface area contributed by atoms with Crippen LogP contribution < -0.4 is 5.32 Å². The predicted octanol–water partition coefficient (Wildman–Crippen LogP) is 4.75. The molecule has 3 nitrogen and oxygen atoms in total. The monoisotopic (exact) mass is 327 g/mol. The van der Waals surface area contributed by atoms with E-state index in [2.05, 4.69) is 30.1 Å². The van der Waals surface area contributed by atoms with Crippen LogP contribution in [0.5, 0.6) is 0 Å². The van der Waals surface area contributed by atoms with Crippen molar-refractivity contribution >= 4 is 6.09 Å². The molecule has 1 amide bonds. The Morgan fingerprint density at radius 2 is 2.21 bits per heavy atom. The first-order chi connectivity index (χ1) is 11.7. The van der Waals surface area contributed by atoms with Gasteiger partial charge in [0.25, 0.3) is 0 Å². The predicted molar refractivity (Wildman–Crippen MR) is 97.3 cm³/mol. The second kappa shape index (κ2) is 7.87. The minimum atomic E-state index is -0.309. The average molecular weight is 327 g/mol. The summed E-state index contributed by atoms with van der Waals surface area (Å²) in [5.74, 6) is 1.39. The minimum absolute atomic E-state index is 0.252. The van der Waals surface area contributed by atoms with Crippen molar-refractivity contribution in [3.63, 3.8) is 0 Å². The van der Waals surface area contributed by atoms with E-state index in [-0.39, 0.29) is 12.1 Å². The molecule has 2 aliphatic carbocycles. The molecular formula is C21H29NO2. The van der Waals surface area contributed by atoms with E-state index in [0.717, 1.165) is 31.6 Å². The standard InChI is InChI=1S/C21H29NO2/c1-3-4-5-15-6-7-17-13-18(9-8-16(17)12-15)19-10-11-20(14-19)22-21(23)24-2/h3,8-9,13,15,19-20H,1,4-7,10-12,14H2,2H3,(H,22,23)/t15?,19-,20?/m1/s1. The van der Waals surface area contributed by atoms with Gasteiger partial charge in [-0.05, 0) is 79.9 Å². The fourth-order valence-electron chi connectivity index (χ4n) is 4.35. The Labute approximate surface area is 145 Å². The molecule has 1 N–H and O–H groups in total. The van der Waals surface area contributed by atoms with Gasteiger partial charge in [-0.1, -0.05) is 24.3 Å². The molecule has 0 radical (unpaired) electrons. The Hall–Kier alpha value is -1.77. The van der Waals surface area contributed by atoms with Crippen LogP contribution in [0.4, 0.5) is 4.79 Å². The summed E-state index contributed by atoms with van der Waals surface area (Å²) in [6.07, 6.45) is 11.1. The zero-order chi connectivity index (χ0) is 16.9. The fourth-order valence-corrected chi connectivity index (χ4v) is 4.35. The molecule has 2 unspecified atom stereocenters. The van der Waals surface area contributed by atoms with E-state index in [0.29, 0.717) is 5.92 Å². The van der Waals surface area contributed by atoms with Crippen molar-refractivity contribution in [1.82, 2.24) is 5.32 Å². The lowest BCUT2D eigenvalue weighted by molar-refractivity contribution is 0.166. The molecule has 0 aliphatic heterocycles. The number of carbonyl (C=O) groups is 1. The molecule has 130 valence electrons. The van der Waals surface area contributed by atoms with Crippen LogP contribution in [0, 0.1) is 5.92 Å². The van der Waals surface area contributed by atoms with E-state index in [1.807, 2.05) is 6.08 Å². The van der Waals surface area contributed by atoms with Crippen molar-refractivity contribution < 1.29 is 9.53 Å². The number of allylic oxidation sites excluding steroid dienone is 1. The Kier molecular flexibility index (Phi) is 5.60. The zero-order valence-corrected chi connectivity index (χ0v) is 14.7. The van der Waals surface area contributed by atoms with Gasteiger partial charge in [-0.3, -0.25) is 0 Å². The van der Waals surface area contributed by atoms with Crippen molar-refractivity contribution in [3.8, 4) is 0 Å². The van der Waals surface area contributed by atoms with E-state index >= 15 is 0 Å². The first kappa shape index (κ1) is 17.1. The topological polar surface area (TPSA) is 38.3 Å². The number of carbonyl (C=O) groups excluding carboxylic acids is 1. The molecular weight excluding hydrogens is 298 g/mol. The average Bonchev–Trinajstić information content (AvgIpc) is 3.07. The second-order valence-corrected chi connectivity index (χ2v) is 7.35. The third-order valence-corrected chi connectivity index (χ3v) is 5.75. The summed E-state index contributed by atoms with van der Waals surface area (Å²) in [6, 6.07) is 7.36. The number of aryl methyl sites for hydroxylation is 1. The van der Waals surface area contributed by atoms with E-state index in [1.54, 1.807) is 11.1 Å². The molecule has 0 saturated heterocycles. The number of ether oxygens (including phenoxy) is 1. The third kappa shape index (κ3) is 4.00. The van der Waals surface area contributed by atoms with Gasteiger partial charge in [0.15, 0.2) is 0 Å². The molecule has 1 fully saturated rings. The molecule has 1 saturated carbocycles. The van der Waals surface area contributed by atoms with Gasteiger partial charge >= 0.3 is 6.09 Å². The third-order valence-electron chi connectivity index (χ3n) is 5.75. The molecule has 1 aromatic carbocycles. The molecule has 24 heavy (non-hydrogen) atoms. The van der Waals surface area contributed by atoms with Gasteiger partial charge in [0, 0.05) is 6.04 Å². The lowest BCUT2D eigenvalue weighted by Gasteiger charge is -2.25. The van der Waals surface area contributed by atoms with E-state index in [9.17, 15) is 4.79 Å². The van der Waals surface area contributed by atoms with Gasteiger partial charge in [0.2, 0.25) is 0 Å². The fraction of sp³-hybridized carbons (Fsp3) is 0.571. The van der Waals surface area contributed by atoms with Crippen LogP contribution in [0.15, 0.2) is 30.9 Å². The Morgan fingerprint density at radius 3 is 3.00 bits per heavy atom. The highest BCUT2D eigenvalue weighted by Gasteiger charge is 2.28. The molecule has 0 bridgehead atoms. The van der Waals surface area contributed by atoms with Gasteiger partial charge in [-0.2, -0.15) is 0 Å². The van der Waals surface area contributed by atoms with Crippen LogP contribution in [0.25, 0.3) is 0 Å². The number of hydrogen-bond donors (Lipinski definition) is 1. The van der Waals surface area contributed by atoms with Gasteiger partial charge in [0.1, 0.15) is 0 Å². The zero-order valence-electron chi connectivity index (χ0n) is 14.7. The van der Waals surface area contributed by atoms with E-state index in [1.165, 1.54) is 38.4 Å². The van der Waals surface area contributed by atoms with Crippen LogP contribution in [0.3, 0.4) is 0 Å². The SMILES string of the molecule is C=CCCC1CCc2cc([C@@H]3CCC(NC(=O)OC)C3)ccc2C1. The maximum absolute atomic E-state index is 11.4. The molecule has 2 aliphatic rings. The first-order valence-electron chi connectivity index (χ1n) is 9.26. The minimum Gasteiger partial charge on any atom is -0.453 e. The number of amides is 1. The van der Waals surface area contributed by atoms with Gasteiger partial charge in [0.05, 0.1) is 7.11 Å². The molecule has 1 aromatic rings. The summed E-state index contributed by atoms with van der Waals surface area (Å²) in [7, 11) is 1.42. The van der Waals surface area contributed by atoms with Crippen LogP contribution in [-0.4, -0.2) is 19.2 Å². The Bertz CT molecular complexity index is 596. The van der Waals surface area contributed by atoms with Gasteiger partial charge in [-0.15, -0.1) is 6.58 Å². The lowest BCUT2D eigenvalue weighted by atomic mass is 9.80. The molecule has 0 spiro atoms. The number of rotatable bonds is 5. The molecule has 3 heteroatoms. The van der Waals surface area contributed by atoms with Crippen LogP contribution in [-0.2, 0) is 17.6 Å². The highest BCUT2D eigenvalue weighted by molar-refractivity contribution is 5.67. The van der Waals surface area contributed by atoms with Crippen LogP contribution in [0.2, 0.25) is 0 Å². The van der Waals surface area contributed by atoms with Crippen LogP contribution in [0.1, 0.15) is 61.1 Å². The largest absolute Gasteiger partial charge is 0.453 e. The summed E-state index contributed by atoms with van der Waals surface area (Å²) in [5.41, 5.74) is 4.54. The quantitative estimate of drug-likeness (QED) is 0.793. The highest BCUT2D eigenvalue weighted by atomic mass is 16.5. The summed E-state index contributed by atoms with van der Waals surface area (Å²) in [5, 5.41) is 2.95. The van der Waals surface area contributed by atoms with Gasteiger partial charge in [-0.25, -0.2) is 4.79 Å². The van der Waals surface area contributed by atoms with Crippen LogP contribution >= 0.6 is 0 Å². The molecule has 0 aromatic heterocycles. The van der Waals surface area contributed by atoms with Gasteiger partial charge < -0.3 is 10.1 Å². The molecule has 3 rings (SSSR count). The van der Waals surface area contributed by atoms with Crippen molar-refractivity contribution in [3.05, 3.63) is 47.5 Å². The second-order valence-electron chi connectivity index (χ2n) is 7.35. The summed E-state index contributed by atoms with van der Waals surface area (Å²) >= 11 is 0. The highest BCUT2D eigenvalue weighted by Crippen LogP contribution is 2.37. The van der Waals surface area contributed by atoms with Crippen molar-refractivity contribution in [2.24, 2.45) is 5.92 Å². The van der Waals surface area contributed by atoms with Crippen molar-refractivity contribution in [2.45, 2.75) is 63.3 Å². The number of methoxy groups -OCH3 is 1. The molecule has 0 heterocycles. The Balaban J connectivity index is 1.61. The normalized spacial score (nSPS) is 25.8. The number of nitrogens with one attached hydrogen (secondary N) is 1. The summed E-state index contributed by atoms with van der Waals surface area (Å²) in [6.45, 7) is 3.84. The van der Waals surface area contributed by atoms with Crippen molar-refractivity contribution in [1.29, 1.82) is 0 Å². The summed E-state index contributed by atoms with van der Waals surface area (Å²) in [4.78, 5) is 11.4. The lowest BCUT2D eigenvalue weighted by Crippen LogP contribution is -2.32. The maximum Gasteiger partial charge on any atom is 0.407 e. The number of alkyl carbamates (subject to hydrolysis) is 1.